The van der Waals surface area contributed by atoms with Crippen molar-refractivity contribution in [2.45, 2.75) is 13.0 Å². The number of rotatable bonds is 3. The molecule has 3 aromatic rings. The maximum Gasteiger partial charge on any atom is 0.231 e. The minimum atomic E-state index is -0.201. The van der Waals surface area contributed by atoms with Crippen LogP contribution in [0.4, 0.5) is 0 Å². The minimum absolute atomic E-state index is 0.191. The molecular weight excluding hydrogens is 310 g/mol. The molecule has 112 valence electrons. The second-order valence-corrected chi connectivity index (χ2v) is 5.12. The summed E-state index contributed by atoms with van der Waals surface area (Å²) >= 11 is 6.28. The third-order valence-corrected chi connectivity index (χ3v) is 3.69. The fraction of sp³-hybridized carbons (Fsp3) is 0.250. The van der Waals surface area contributed by atoms with Crippen LogP contribution in [0.15, 0.2) is 18.3 Å². The first kappa shape index (κ1) is 13.0. The first-order valence-corrected chi connectivity index (χ1v) is 6.85. The van der Waals surface area contributed by atoms with Crippen molar-refractivity contribution in [3.63, 3.8) is 0 Å². The van der Waals surface area contributed by atoms with Crippen LogP contribution >= 0.6 is 11.6 Å². The van der Waals surface area contributed by atoms with E-state index < -0.39 is 0 Å². The molecule has 0 aliphatic carbocycles. The molecule has 0 saturated carbocycles. The standard InChI is InChI=1S/C12H10ClN7O2/c1-6(12-15-17-18-16-12)20-4-9(14-19-20)7-2-10-11(3-8(7)13)22-5-21-10/h2-4,6H,5H2,1H3,(H,15,16,17,18). The molecule has 1 aliphatic heterocycles. The predicted octanol–water partition coefficient (Wildman–Crippen LogP) is 1.45. The van der Waals surface area contributed by atoms with Crippen molar-refractivity contribution in [2.75, 3.05) is 6.79 Å². The van der Waals surface area contributed by atoms with Crippen molar-refractivity contribution >= 4 is 11.6 Å². The fourth-order valence-electron chi connectivity index (χ4n) is 2.17. The number of hydrogen-bond acceptors (Lipinski definition) is 7. The molecular formula is C12H10ClN7O2. The molecule has 0 saturated heterocycles. The lowest BCUT2D eigenvalue weighted by Crippen LogP contribution is -2.09. The van der Waals surface area contributed by atoms with Crippen LogP contribution in [0, 0.1) is 0 Å². The van der Waals surface area contributed by atoms with Crippen molar-refractivity contribution in [3.05, 3.63) is 29.2 Å². The molecule has 4 rings (SSSR count). The van der Waals surface area contributed by atoms with E-state index in [1.54, 1.807) is 23.0 Å². The lowest BCUT2D eigenvalue weighted by Gasteiger charge is -2.05. The number of hydrogen-bond donors (Lipinski definition) is 1. The number of H-pyrrole nitrogens is 1. The highest BCUT2D eigenvalue weighted by Gasteiger charge is 2.20. The molecule has 0 fully saturated rings. The summed E-state index contributed by atoms with van der Waals surface area (Å²) in [4.78, 5) is 0. The Hall–Kier alpha value is -2.68. The molecule has 10 heteroatoms. The van der Waals surface area contributed by atoms with Gasteiger partial charge in [0.05, 0.1) is 11.2 Å². The summed E-state index contributed by atoms with van der Waals surface area (Å²) < 4.78 is 12.3. The molecule has 1 aliphatic rings. The van der Waals surface area contributed by atoms with Crippen LogP contribution in [0.2, 0.25) is 5.02 Å². The lowest BCUT2D eigenvalue weighted by molar-refractivity contribution is 0.174. The van der Waals surface area contributed by atoms with Gasteiger partial charge in [0.1, 0.15) is 11.7 Å². The maximum atomic E-state index is 6.28. The zero-order chi connectivity index (χ0) is 15.1. The van der Waals surface area contributed by atoms with Crippen molar-refractivity contribution in [3.8, 4) is 22.8 Å². The third kappa shape index (κ3) is 2.06. The smallest absolute Gasteiger partial charge is 0.231 e. The van der Waals surface area contributed by atoms with E-state index in [9.17, 15) is 0 Å². The average molecular weight is 320 g/mol. The number of tetrazole rings is 1. The summed E-state index contributed by atoms with van der Waals surface area (Å²) in [6.07, 6.45) is 1.77. The van der Waals surface area contributed by atoms with Gasteiger partial charge in [-0.15, -0.1) is 15.3 Å². The van der Waals surface area contributed by atoms with Crippen molar-refractivity contribution in [1.82, 2.24) is 35.6 Å². The van der Waals surface area contributed by atoms with Gasteiger partial charge in [0.25, 0.3) is 0 Å². The molecule has 1 atom stereocenters. The number of halogens is 1. The third-order valence-electron chi connectivity index (χ3n) is 3.38. The second-order valence-electron chi connectivity index (χ2n) is 4.72. The Bertz CT molecular complexity index is 817. The Morgan fingerprint density at radius 3 is 2.86 bits per heavy atom. The van der Waals surface area contributed by atoms with Crippen LogP contribution < -0.4 is 9.47 Å². The Labute approximate surface area is 129 Å². The first-order valence-electron chi connectivity index (χ1n) is 6.47. The number of nitrogens with one attached hydrogen (secondary N) is 1. The number of nitrogens with zero attached hydrogens (tertiary/aromatic N) is 6. The van der Waals surface area contributed by atoms with Gasteiger partial charge in [-0.2, -0.15) is 5.21 Å². The molecule has 3 heterocycles. The number of benzene rings is 1. The van der Waals surface area contributed by atoms with Gasteiger partial charge in [0.15, 0.2) is 17.3 Å². The highest BCUT2D eigenvalue weighted by atomic mass is 35.5. The van der Waals surface area contributed by atoms with Gasteiger partial charge >= 0.3 is 0 Å². The number of aromatic nitrogens is 7. The van der Waals surface area contributed by atoms with Crippen molar-refractivity contribution in [1.29, 1.82) is 0 Å². The van der Waals surface area contributed by atoms with Crippen LogP contribution in [0.5, 0.6) is 11.5 Å². The highest BCUT2D eigenvalue weighted by molar-refractivity contribution is 6.33. The highest BCUT2D eigenvalue weighted by Crippen LogP contribution is 2.40. The normalized spacial score (nSPS) is 14.3. The molecule has 22 heavy (non-hydrogen) atoms. The lowest BCUT2D eigenvalue weighted by atomic mass is 10.1. The van der Waals surface area contributed by atoms with Gasteiger partial charge < -0.3 is 9.47 Å². The zero-order valence-electron chi connectivity index (χ0n) is 11.4. The largest absolute Gasteiger partial charge is 0.454 e. The predicted molar refractivity (Wildman–Crippen MR) is 74.6 cm³/mol. The van der Waals surface area contributed by atoms with Gasteiger partial charge in [-0.25, -0.2) is 4.68 Å². The first-order chi connectivity index (χ1) is 10.7. The number of ether oxygens (including phenoxy) is 2. The monoisotopic (exact) mass is 319 g/mol. The van der Waals surface area contributed by atoms with E-state index in [2.05, 4.69) is 30.9 Å². The molecule has 9 nitrogen and oxygen atoms in total. The maximum absolute atomic E-state index is 6.28. The van der Waals surface area contributed by atoms with E-state index in [0.717, 1.165) is 5.56 Å². The van der Waals surface area contributed by atoms with Gasteiger partial charge in [-0.3, -0.25) is 0 Å². The summed E-state index contributed by atoms with van der Waals surface area (Å²) in [5.74, 6) is 1.79. The molecule has 0 bridgehead atoms. The summed E-state index contributed by atoms with van der Waals surface area (Å²) in [6, 6.07) is 3.30. The summed E-state index contributed by atoms with van der Waals surface area (Å²) in [6.45, 7) is 2.08. The number of fused-ring (bicyclic) bond motifs is 1. The van der Waals surface area contributed by atoms with Crippen LogP contribution in [0.25, 0.3) is 11.3 Å². The van der Waals surface area contributed by atoms with E-state index in [4.69, 9.17) is 21.1 Å². The molecule has 0 radical (unpaired) electrons. The average Bonchev–Trinajstić information content (AvgIpc) is 3.26. The van der Waals surface area contributed by atoms with E-state index in [1.807, 2.05) is 6.92 Å². The van der Waals surface area contributed by atoms with E-state index in [-0.39, 0.29) is 12.8 Å². The Morgan fingerprint density at radius 1 is 1.27 bits per heavy atom. The van der Waals surface area contributed by atoms with E-state index >= 15 is 0 Å². The fourth-order valence-corrected chi connectivity index (χ4v) is 2.42. The molecule has 0 spiro atoms. The van der Waals surface area contributed by atoms with Crippen LogP contribution in [-0.4, -0.2) is 42.4 Å². The topological polar surface area (TPSA) is 104 Å². The molecule has 2 aromatic heterocycles. The molecule has 1 unspecified atom stereocenters. The van der Waals surface area contributed by atoms with Crippen LogP contribution in [-0.2, 0) is 0 Å². The summed E-state index contributed by atoms with van der Waals surface area (Å²) in [7, 11) is 0. The van der Waals surface area contributed by atoms with Crippen molar-refractivity contribution < 1.29 is 9.47 Å². The van der Waals surface area contributed by atoms with Gasteiger partial charge in [-0.05, 0) is 13.0 Å². The van der Waals surface area contributed by atoms with Crippen LogP contribution in [0.1, 0.15) is 18.8 Å². The molecule has 0 amide bonds. The molecule has 1 N–H and O–H groups in total. The minimum Gasteiger partial charge on any atom is -0.454 e. The Balaban J connectivity index is 1.70. The Kier molecular flexibility index (Phi) is 2.93. The van der Waals surface area contributed by atoms with Gasteiger partial charge in [-0.1, -0.05) is 22.0 Å². The summed E-state index contributed by atoms with van der Waals surface area (Å²) in [5.41, 5.74) is 1.34. The quantitative estimate of drug-likeness (QED) is 0.779. The second kappa shape index (κ2) is 4.95. The van der Waals surface area contributed by atoms with E-state index in [1.165, 1.54) is 0 Å². The molecule has 1 aromatic carbocycles. The van der Waals surface area contributed by atoms with Crippen LogP contribution in [0.3, 0.4) is 0 Å². The van der Waals surface area contributed by atoms with Crippen molar-refractivity contribution in [2.24, 2.45) is 0 Å². The SMILES string of the molecule is CC(c1nn[nH]n1)n1cc(-c2cc3c(cc2Cl)OCO3)nn1. The van der Waals surface area contributed by atoms with Gasteiger partial charge in [0, 0.05) is 11.6 Å². The van der Waals surface area contributed by atoms with Gasteiger partial charge in [0.2, 0.25) is 6.79 Å². The Morgan fingerprint density at radius 2 is 2.09 bits per heavy atom. The zero-order valence-corrected chi connectivity index (χ0v) is 12.2. The van der Waals surface area contributed by atoms with E-state index in [0.29, 0.717) is 28.0 Å². The summed E-state index contributed by atoms with van der Waals surface area (Å²) in [5, 5.41) is 22.6. The number of aromatic amines is 1.